The van der Waals surface area contributed by atoms with E-state index in [1.165, 1.54) is 9.08 Å². The molecule has 2 heterocycles. The van der Waals surface area contributed by atoms with E-state index in [0.717, 1.165) is 0 Å². The number of aromatic nitrogens is 3. The van der Waals surface area contributed by atoms with Crippen LogP contribution in [0.2, 0.25) is 0 Å². The molecule has 0 aromatic carbocycles. The van der Waals surface area contributed by atoms with Crippen molar-refractivity contribution in [2.24, 2.45) is 0 Å². The Balaban J connectivity index is 2.74. The van der Waals surface area contributed by atoms with Crippen LogP contribution in [0.15, 0.2) is 41.8 Å². The molecule has 0 spiro atoms. The molecular formula is C9H9N3O. The highest BCUT2D eigenvalue weighted by molar-refractivity contribution is 5.35. The quantitative estimate of drug-likeness (QED) is 0.630. The van der Waals surface area contributed by atoms with Crippen LogP contribution in [0, 0.1) is 0 Å². The van der Waals surface area contributed by atoms with Gasteiger partial charge in [0.15, 0.2) is 5.65 Å². The molecule has 0 aliphatic heterocycles. The van der Waals surface area contributed by atoms with Crippen molar-refractivity contribution in [2.45, 2.75) is 6.54 Å². The molecule has 4 heteroatoms. The first kappa shape index (κ1) is 7.79. The zero-order valence-corrected chi connectivity index (χ0v) is 7.05. The summed E-state index contributed by atoms with van der Waals surface area (Å²) in [6, 6.07) is 5.44. The lowest BCUT2D eigenvalue weighted by Gasteiger charge is -1.87. The minimum absolute atomic E-state index is 0.129. The summed E-state index contributed by atoms with van der Waals surface area (Å²) in [6.45, 7) is 4.00. The van der Waals surface area contributed by atoms with Gasteiger partial charge < -0.3 is 0 Å². The monoisotopic (exact) mass is 175 g/mol. The van der Waals surface area contributed by atoms with Crippen LogP contribution in [0.1, 0.15) is 0 Å². The number of nitrogens with zero attached hydrogens (tertiary/aromatic N) is 3. The number of hydrogen-bond donors (Lipinski definition) is 0. The van der Waals surface area contributed by atoms with Gasteiger partial charge in [-0.2, -0.15) is 0 Å². The fourth-order valence-electron chi connectivity index (χ4n) is 1.21. The highest BCUT2D eigenvalue weighted by Crippen LogP contribution is 1.94. The predicted octanol–water partition coefficient (Wildman–Crippen LogP) is 0.682. The van der Waals surface area contributed by atoms with Gasteiger partial charge in [0, 0.05) is 6.20 Å². The lowest BCUT2D eigenvalue weighted by molar-refractivity contribution is 0.673. The van der Waals surface area contributed by atoms with Crippen molar-refractivity contribution in [3.05, 3.63) is 47.5 Å². The van der Waals surface area contributed by atoms with Crippen molar-refractivity contribution in [3.63, 3.8) is 0 Å². The summed E-state index contributed by atoms with van der Waals surface area (Å²) >= 11 is 0. The van der Waals surface area contributed by atoms with Crippen LogP contribution in [-0.2, 0) is 6.54 Å². The maximum Gasteiger partial charge on any atom is 0.350 e. The van der Waals surface area contributed by atoms with Crippen molar-refractivity contribution in [2.75, 3.05) is 0 Å². The standard InChI is InChI=1S/C9H9N3O/c1-2-6-12-9(13)11-7-4-3-5-8(11)10-12/h2-5,7H,1,6H2. The normalized spacial score (nSPS) is 10.5. The van der Waals surface area contributed by atoms with Gasteiger partial charge in [-0.3, -0.25) is 4.40 Å². The first-order chi connectivity index (χ1) is 6.33. The van der Waals surface area contributed by atoms with Gasteiger partial charge in [0.2, 0.25) is 0 Å². The van der Waals surface area contributed by atoms with Gasteiger partial charge in [-0.1, -0.05) is 12.1 Å². The molecule has 0 aliphatic rings. The molecule has 0 atom stereocenters. The van der Waals surface area contributed by atoms with Crippen molar-refractivity contribution >= 4 is 5.65 Å². The van der Waals surface area contributed by atoms with Crippen LogP contribution in [0.4, 0.5) is 0 Å². The molecule has 0 saturated heterocycles. The zero-order chi connectivity index (χ0) is 9.26. The summed E-state index contributed by atoms with van der Waals surface area (Å²) in [5, 5.41) is 4.10. The lowest BCUT2D eigenvalue weighted by atomic mass is 10.5. The molecular weight excluding hydrogens is 166 g/mol. The SMILES string of the molecule is C=CCn1nc2ccccn2c1=O. The third-order valence-electron chi connectivity index (χ3n) is 1.79. The first-order valence-electron chi connectivity index (χ1n) is 3.98. The van der Waals surface area contributed by atoms with Gasteiger partial charge in [-0.05, 0) is 12.1 Å². The highest BCUT2D eigenvalue weighted by atomic mass is 16.2. The van der Waals surface area contributed by atoms with E-state index >= 15 is 0 Å². The minimum Gasteiger partial charge on any atom is -0.250 e. The molecule has 2 aromatic rings. The molecule has 0 radical (unpaired) electrons. The summed E-state index contributed by atoms with van der Waals surface area (Å²) in [7, 11) is 0. The minimum atomic E-state index is -0.129. The maximum absolute atomic E-state index is 11.5. The highest BCUT2D eigenvalue weighted by Gasteiger charge is 2.02. The molecule has 66 valence electrons. The van der Waals surface area contributed by atoms with Crippen molar-refractivity contribution in [1.82, 2.24) is 14.2 Å². The predicted molar refractivity (Wildman–Crippen MR) is 49.6 cm³/mol. The first-order valence-corrected chi connectivity index (χ1v) is 3.98. The van der Waals surface area contributed by atoms with Crippen LogP contribution in [0.25, 0.3) is 5.65 Å². The molecule has 0 fully saturated rings. The van der Waals surface area contributed by atoms with E-state index in [2.05, 4.69) is 11.7 Å². The molecule has 0 unspecified atom stereocenters. The Hall–Kier alpha value is -1.84. The molecule has 0 N–H and O–H groups in total. The van der Waals surface area contributed by atoms with E-state index < -0.39 is 0 Å². The Bertz CT molecular complexity index is 495. The molecule has 2 rings (SSSR count). The van der Waals surface area contributed by atoms with Gasteiger partial charge in [0.05, 0.1) is 6.54 Å². The molecule has 0 bridgehead atoms. The van der Waals surface area contributed by atoms with Gasteiger partial charge in [0.1, 0.15) is 0 Å². The van der Waals surface area contributed by atoms with Crippen LogP contribution in [-0.4, -0.2) is 14.2 Å². The topological polar surface area (TPSA) is 39.3 Å². The zero-order valence-electron chi connectivity index (χ0n) is 7.05. The molecule has 4 nitrogen and oxygen atoms in total. The third-order valence-corrected chi connectivity index (χ3v) is 1.79. The molecule has 0 amide bonds. The average Bonchev–Trinajstić information content (AvgIpc) is 2.46. The third kappa shape index (κ3) is 1.16. The second-order valence-electron chi connectivity index (χ2n) is 2.68. The Kier molecular flexibility index (Phi) is 1.73. The van der Waals surface area contributed by atoms with Crippen molar-refractivity contribution in [3.8, 4) is 0 Å². The fourth-order valence-corrected chi connectivity index (χ4v) is 1.21. The number of hydrogen-bond acceptors (Lipinski definition) is 2. The fraction of sp³-hybridized carbons (Fsp3) is 0.111. The Morgan fingerprint density at radius 1 is 1.54 bits per heavy atom. The molecule has 13 heavy (non-hydrogen) atoms. The van der Waals surface area contributed by atoms with Gasteiger partial charge >= 0.3 is 5.69 Å². The Morgan fingerprint density at radius 3 is 3.08 bits per heavy atom. The van der Waals surface area contributed by atoms with Crippen LogP contribution < -0.4 is 5.69 Å². The van der Waals surface area contributed by atoms with Crippen LogP contribution in [0.5, 0.6) is 0 Å². The van der Waals surface area contributed by atoms with Crippen molar-refractivity contribution in [1.29, 1.82) is 0 Å². The summed E-state index contributed by atoms with van der Waals surface area (Å²) in [6.07, 6.45) is 3.35. The molecule has 0 saturated carbocycles. The summed E-state index contributed by atoms with van der Waals surface area (Å²) < 4.78 is 2.88. The largest absolute Gasteiger partial charge is 0.350 e. The van der Waals surface area contributed by atoms with Crippen molar-refractivity contribution < 1.29 is 0 Å². The van der Waals surface area contributed by atoms with E-state index in [4.69, 9.17) is 0 Å². The van der Waals surface area contributed by atoms with Gasteiger partial charge in [-0.25, -0.2) is 9.48 Å². The Labute approximate surface area is 74.7 Å². The molecule has 2 aromatic heterocycles. The number of rotatable bonds is 2. The number of pyridine rings is 1. The van der Waals surface area contributed by atoms with E-state index in [0.29, 0.717) is 12.2 Å². The summed E-state index contributed by atoms with van der Waals surface area (Å²) in [5.74, 6) is 0. The van der Waals surface area contributed by atoms with E-state index in [9.17, 15) is 4.79 Å². The smallest absolute Gasteiger partial charge is 0.250 e. The van der Waals surface area contributed by atoms with E-state index in [1.807, 2.05) is 6.07 Å². The summed E-state index contributed by atoms with van der Waals surface area (Å²) in [5.41, 5.74) is 0.532. The van der Waals surface area contributed by atoms with E-state index in [1.54, 1.807) is 24.4 Å². The maximum atomic E-state index is 11.5. The van der Waals surface area contributed by atoms with Gasteiger partial charge in [-0.15, -0.1) is 11.7 Å². The van der Waals surface area contributed by atoms with Gasteiger partial charge in [0.25, 0.3) is 0 Å². The lowest BCUT2D eigenvalue weighted by Crippen LogP contribution is -2.20. The number of fused-ring (bicyclic) bond motifs is 1. The number of allylic oxidation sites excluding steroid dienone is 1. The molecule has 0 aliphatic carbocycles. The second-order valence-corrected chi connectivity index (χ2v) is 2.68. The van der Waals surface area contributed by atoms with E-state index in [-0.39, 0.29) is 5.69 Å². The van der Waals surface area contributed by atoms with Crippen LogP contribution in [0.3, 0.4) is 0 Å². The average molecular weight is 175 g/mol. The van der Waals surface area contributed by atoms with Crippen LogP contribution >= 0.6 is 0 Å². The second kappa shape index (κ2) is 2.90. The summed E-state index contributed by atoms with van der Waals surface area (Å²) in [4.78, 5) is 11.5. The Morgan fingerprint density at radius 2 is 2.38 bits per heavy atom.